The molecule has 0 aliphatic carbocycles. The summed E-state index contributed by atoms with van der Waals surface area (Å²) in [5.41, 5.74) is 5.70. The Labute approximate surface area is 67.7 Å². The zero-order valence-electron chi connectivity index (χ0n) is 6.48. The highest BCUT2D eigenvalue weighted by molar-refractivity contribution is 6.83. The van der Waals surface area contributed by atoms with Crippen molar-refractivity contribution in [3.63, 3.8) is 0 Å². The van der Waals surface area contributed by atoms with Crippen LogP contribution in [0, 0.1) is 0 Å². The Balaban J connectivity index is 3.56. The van der Waals surface area contributed by atoms with Gasteiger partial charge in [-0.15, -0.1) is 11.6 Å². The first kappa shape index (κ1) is 9.98. The van der Waals surface area contributed by atoms with Gasteiger partial charge in [0.15, 0.2) is 0 Å². The molecule has 0 aromatic rings. The topological polar surface area (TPSA) is 43.1 Å². The Morgan fingerprint density at radius 1 is 1.60 bits per heavy atom. The summed E-state index contributed by atoms with van der Waals surface area (Å²) in [5, 5.41) is 0. The lowest BCUT2D eigenvalue weighted by molar-refractivity contribution is -0.117. The molecule has 0 bridgehead atoms. The number of hydrogen-bond acceptors (Lipinski definition) is 1. The number of nitrogens with two attached hydrogens (primary N) is 1. The molecular weight excluding hydrogens is 166 g/mol. The number of carbonyl (C=O) groups is 1. The maximum absolute atomic E-state index is 10.4. The molecular formula is C6H14ClNOSi. The van der Waals surface area contributed by atoms with Crippen molar-refractivity contribution < 1.29 is 4.79 Å². The smallest absolute Gasteiger partial charge is 0.217 e. The van der Waals surface area contributed by atoms with E-state index in [4.69, 9.17) is 17.3 Å². The fourth-order valence-corrected chi connectivity index (χ4v) is 1.99. The minimum Gasteiger partial charge on any atom is -0.370 e. The van der Waals surface area contributed by atoms with Crippen molar-refractivity contribution in [2.45, 2.75) is 25.6 Å². The van der Waals surface area contributed by atoms with E-state index in [0.717, 1.165) is 6.04 Å². The van der Waals surface area contributed by atoms with Gasteiger partial charge < -0.3 is 5.73 Å². The van der Waals surface area contributed by atoms with E-state index in [1.807, 2.05) is 0 Å². The van der Waals surface area contributed by atoms with E-state index in [2.05, 4.69) is 13.1 Å². The van der Waals surface area contributed by atoms with Gasteiger partial charge in [-0.25, -0.2) is 0 Å². The van der Waals surface area contributed by atoms with Crippen LogP contribution in [0.1, 0.15) is 6.42 Å². The summed E-state index contributed by atoms with van der Waals surface area (Å²) in [7, 11) is -1.28. The van der Waals surface area contributed by atoms with Crippen molar-refractivity contribution in [1.29, 1.82) is 0 Å². The number of amides is 1. The van der Waals surface area contributed by atoms with Gasteiger partial charge in [-0.3, -0.25) is 4.79 Å². The Kier molecular flexibility index (Phi) is 3.97. The van der Waals surface area contributed by atoms with Gasteiger partial charge in [0.05, 0.1) is 8.07 Å². The second-order valence-electron chi connectivity index (χ2n) is 3.26. The highest BCUT2D eigenvalue weighted by Gasteiger charge is 2.19. The molecule has 4 heteroatoms. The van der Waals surface area contributed by atoms with Gasteiger partial charge in [-0.2, -0.15) is 0 Å². The number of rotatable bonds is 4. The van der Waals surface area contributed by atoms with E-state index in [-0.39, 0.29) is 5.91 Å². The number of carbonyl (C=O) groups excluding carboxylic acids is 1. The van der Waals surface area contributed by atoms with Crippen LogP contribution < -0.4 is 5.73 Å². The third-order valence-corrected chi connectivity index (χ3v) is 5.91. The van der Waals surface area contributed by atoms with E-state index in [1.165, 1.54) is 0 Å². The van der Waals surface area contributed by atoms with Crippen molar-refractivity contribution >= 4 is 25.6 Å². The van der Waals surface area contributed by atoms with Crippen LogP contribution in [-0.2, 0) is 4.79 Å². The molecule has 0 spiro atoms. The number of primary amides is 1. The third-order valence-electron chi connectivity index (χ3n) is 1.41. The molecule has 0 saturated carbocycles. The summed E-state index contributed by atoms with van der Waals surface area (Å²) >= 11 is 5.69. The predicted octanol–water partition coefficient (Wildman–Crippen LogP) is 1.35. The van der Waals surface area contributed by atoms with Crippen molar-refractivity contribution in [2.75, 3.05) is 5.50 Å². The summed E-state index contributed by atoms with van der Waals surface area (Å²) in [4.78, 5) is 10.4. The van der Waals surface area contributed by atoms with Crippen LogP contribution in [0.5, 0.6) is 0 Å². The van der Waals surface area contributed by atoms with Gasteiger partial charge in [0, 0.05) is 11.9 Å². The second kappa shape index (κ2) is 3.98. The van der Waals surface area contributed by atoms with Crippen molar-refractivity contribution in [3.8, 4) is 0 Å². The lowest BCUT2D eigenvalue weighted by atomic mass is 10.5. The molecule has 10 heavy (non-hydrogen) atoms. The van der Waals surface area contributed by atoms with E-state index >= 15 is 0 Å². The van der Waals surface area contributed by atoms with E-state index < -0.39 is 8.07 Å². The molecule has 2 N–H and O–H groups in total. The van der Waals surface area contributed by atoms with Gasteiger partial charge in [0.2, 0.25) is 5.91 Å². The highest BCUT2D eigenvalue weighted by Crippen LogP contribution is 2.12. The zero-order chi connectivity index (χ0) is 8.20. The third kappa shape index (κ3) is 4.82. The molecule has 0 aromatic heterocycles. The van der Waals surface area contributed by atoms with Crippen molar-refractivity contribution in [3.05, 3.63) is 0 Å². The van der Waals surface area contributed by atoms with E-state index in [1.54, 1.807) is 0 Å². The number of halogens is 1. The maximum atomic E-state index is 10.4. The quantitative estimate of drug-likeness (QED) is 0.514. The van der Waals surface area contributed by atoms with Gasteiger partial charge in [0.1, 0.15) is 0 Å². The van der Waals surface area contributed by atoms with Gasteiger partial charge >= 0.3 is 0 Å². The molecule has 0 fully saturated rings. The van der Waals surface area contributed by atoms with Gasteiger partial charge in [0.25, 0.3) is 0 Å². The predicted molar refractivity (Wildman–Crippen MR) is 46.8 cm³/mol. The molecule has 1 amide bonds. The standard InChI is InChI=1S/C6H14ClNOSi/c1-10(2,5-7)4-3-6(8)9/h3-5H2,1-2H3,(H2,8,9). The number of alkyl halides is 1. The van der Waals surface area contributed by atoms with Crippen LogP contribution in [0.4, 0.5) is 0 Å². The van der Waals surface area contributed by atoms with Crippen molar-refractivity contribution in [2.24, 2.45) is 5.73 Å². The molecule has 0 aliphatic rings. The van der Waals surface area contributed by atoms with Crippen LogP contribution in [0.25, 0.3) is 0 Å². The molecule has 0 radical (unpaired) electrons. The molecule has 2 nitrogen and oxygen atoms in total. The molecule has 0 atom stereocenters. The summed E-state index contributed by atoms with van der Waals surface area (Å²) in [6, 6.07) is 0.909. The lowest BCUT2D eigenvalue weighted by Gasteiger charge is -2.16. The van der Waals surface area contributed by atoms with Gasteiger partial charge in [-0.1, -0.05) is 13.1 Å². The molecule has 0 aromatic carbocycles. The largest absolute Gasteiger partial charge is 0.370 e. The summed E-state index contributed by atoms with van der Waals surface area (Å²) in [5.74, 6) is -0.217. The fourth-order valence-electron chi connectivity index (χ4n) is 0.528. The first-order valence-corrected chi connectivity index (χ1v) is 7.27. The summed E-state index contributed by atoms with van der Waals surface area (Å²) in [6.07, 6.45) is 0.492. The first-order chi connectivity index (χ1) is 4.48. The Morgan fingerprint density at radius 2 is 2.10 bits per heavy atom. The highest BCUT2D eigenvalue weighted by atomic mass is 35.5. The zero-order valence-corrected chi connectivity index (χ0v) is 8.24. The van der Waals surface area contributed by atoms with E-state index in [0.29, 0.717) is 11.9 Å². The Morgan fingerprint density at radius 3 is 2.40 bits per heavy atom. The average Bonchev–Trinajstić information content (AvgIpc) is 1.85. The minimum atomic E-state index is -1.28. The molecule has 0 saturated heterocycles. The van der Waals surface area contributed by atoms with Crippen molar-refractivity contribution in [1.82, 2.24) is 0 Å². The summed E-state index contributed by atoms with van der Waals surface area (Å²) < 4.78 is 0. The monoisotopic (exact) mass is 179 g/mol. The Bertz CT molecular complexity index is 127. The average molecular weight is 180 g/mol. The first-order valence-electron chi connectivity index (χ1n) is 3.32. The van der Waals surface area contributed by atoms with Crippen LogP contribution >= 0.6 is 11.6 Å². The normalized spacial score (nSPS) is 11.5. The summed E-state index contributed by atoms with van der Waals surface area (Å²) in [6.45, 7) is 4.31. The molecule has 0 aliphatic heterocycles. The second-order valence-corrected chi connectivity index (χ2v) is 9.16. The Hall–Kier alpha value is -0.0231. The molecule has 0 heterocycles. The SMILES string of the molecule is C[Si](C)(CCl)CCC(N)=O. The lowest BCUT2D eigenvalue weighted by Crippen LogP contribution is -2.30. The number of hydrogen-bond donors (Lipinski definition) is 1. The van der Waals surface area contributed by atoms with E-state index in [9.17, 15) is 4.79 Å². The fraction of sp³-hybridized carbons (Fsp3) is 0.833. The molecule has 0 rings (SSSR count). The molecule has 60 valence electrons. The van der Waals surface area contributed by atoms with Crippen LogP contribution in [0.15, 0.2) is 0 Å². The molecule has 0 unspecified atom stereocenters. The maximum Gasteiger partial charge on any atom is 0.217 e. The van der Waals surface area contributed by atoms with Gasteiger partial charge in [-0.05, 0) is 6.04 Å². The van der Waals surface area contributed by atoms with Crippen LogP contribution in [-0.4, -0.2) is 19.5 Å². The van der Waals surface area contributed by atoms with Crippen LogP contribution in [0.3, 0.4) is 0 Å². The minimum absolute atomic E-state index is 0.217. The van der Waals surface area contributed by atoms with Crippen LogP contribution in [0.2, 0.25) is 19.1 Å².